The molecule has 0 saturated heterocycles. The maximum Gasteiger partial charge on any atom is 0.431 e. The molecule has 0 aromatic carbocycles. The summed E-state index contributed by atoms with van der Waals surface area (Å²) in [4.78, 5) is 0. The van der Waals surface area contributed by atoms with E-state index in [0.29, 0.717) is 6.61 Å². The molecule has 0 amide bonds. The molecule has 0 aliphatic carbocycles. The van der Waals surface area contributed by atoms with Crippen LogP contribution in [0.25, 0.3) is 0 Å². The van der Waals surface area contributed by atoms with Gasteiger partial charge in [-0.1, -0.05) is 6.92 Å². The molecule has 1 unspecified atom stereocenters. The fourth-order valence-corrected chi connectivity index (χ4v) is 1.43. The van der Waals surface area contributed by atoms with Gasteiger partial charge in [0.25, 0.3) is 0 Å². The Kier molecular flexibility index (Phi) is 5.14. The van der Waals surface area contributed by atoms with Crippen molar-refractivity contribution in [3.8, 4) is 5.81 Å². The Bertz CT molecular complexity index is 187. The largest absolute Gasteiger partial charge is 0.431 e. The molecule has 0 saturated carbocycles. The van der Waals surface area contributed by atoms with Gasteiger partial charge in [0.2, 0.25) is 0 Å². The predicted molar refractivity (Wildman–Crippen MR) is 41.1 cm³/mol. The van der Waals surface area contributed by atoms with Gasteiger partial charge in [0.1, 0.15) is 0 Å². The van der Waals surface area contributed by atoms with Crippen LogP contribution in [-0.2, 0) is 13.6 Å². The first-order valence-electron chi connectivity index (χ1n) is 3.49. The lowest BCUT2D eigenvalue weighted by Crippen LogP contribution is -1.94. The van der Waals surface area contributed by atoms with Gasteiger partial charge in [0.05, 0.1) is 13.2 Å². The van der Waals surface area contributed by atoms with Crippen molar-refractivity contribution < 1.29 is 13.6 Å². The fraction of sp³-hybridized carbons (Fsp3) is 0.833. The van der Waals surface area contributed by atoms with Crippen molar-refractivity contribution in [2.45, 2.75) is 20.3 Å². The minimum atomic E-state index is -3.41. The topological polar surface area (TPSA) is 59.3 Å². The Morgan fingerprint density at radius 3 is 2.45 bits per heavy atom. The highest BCUT2D eigenvalue weighted by molar-refractivity contribution is 7.59. The van der Waals surface area contributed by atoms with E-state index in [2.05, 4.69) is 4.52 Å². The molecule has 4 nitrogen and oxygen atoms in total. The average Bonchev–Trinajstić information content (AvgIpc) is 2.02. The van der Waals surface area contributed by atoms with Crippen molar-refractivity contribution in [1.82, 2.24) is 0 Å². The van der Waals surface area contributed by atoms with Crippen molar-refractivity contribution in [3.05, 3.63) is 0 Å². The van der Waals surface area contributed by atoms with E-state index in [1.54, 1.807) is 6.92 Å². The van der Waals surface area contributed by atoms with E-state index < -0.39 is 7.60 Å². The van der Waals surface area contributed by atoms with Crippen LogP contribution in [0.3, 0.4) is 0 Å². The SMILES string of the molecule is CCCOP(=O)(C#N)OCC. The fourth-order valence-electron chi connectivity index (χ4n) is 0.476. The summed E-state index contributed by atoms with van der Waals surface area (Å²) >= 11 is 0. The maximum atomic E-state index is 11.1. The van der Waals surface area contributed by atoms with Gasteiger partial charge >= 0.3 is 7.60 Å². The molecule has 0 spiro atoms. The summed E-state index contributed by atoms with van der Waals surface area (Å²) in [6, 6.07) is 0. The first-order chi connectivity index (χ1) is 5.18. The normalized spacial score (nSPS) is 15.4. The summed E-state index contributed by atoms with van der Waals surface area (Å²) in [5, 5.41) is 8.38. The zero-order valence-electron chi connectivity index (χ0n) is 6.74. The molecule has 0 N–H and O–H groups in total. The van der Waals surface area contributed by atoms with Crippen molar-refractivity contribution in [1.29, 1.82) is 5.26 Å². The van der Waals surface area contributed by atoms with E-state index in [1.807, 2.05) is 6.92 Å². The molecule has 0 aromatic rings. The van der Waals surface area contributed by atoms with Crippen LogP contribution in [0.15, 0.2) is 0 Å². The number of nitrogens with zero attached hydrogens (tertiary/aromatic N) is 1. The number of nitriles is 1. The van der Waals surface area contributed by atoms with E-state index >= 15 is 0 Å². The van der Waals surface area contributed by atoms with Gasteiger partial charge in [-0.15, -0.1) is 0 Å². The molecule has 0 rings (SSSR count). The Morgan fingerprint density at radius 2 is 2.09 bits per heavy atom. The molecule has 0 heterocycles. The summed E-state index contributed by atoms with van der Waals surface area (Å²) in [7, 11) is -3.41. The second-order valence-electron chi connectivity index (χ2n) is 1.85. The minimum Gasteiger partial charge on any atom is -0.298 e. The number of rotatable bonds is 5. The zero-order chi connectivity index (χ0) is 8.74. The summed E-state index contributed by atoms with van der Waals surface area (Å²) in [6.07, 6.45) is 0.721. The van der Waals surface area contributed by atoms with E-state index in [-0.39, 0.29) is 6.61 Å². The highest BCUT2D eigenvalue weighted by atomic mass is 31.2. The van der Waals surface area contributed by atoms with Crippen LogP contribution in [-0.4, -0.2) is 13.2 Å². The number of hydrogen-bond acceptors (Lipinski definition) is 4. The van der Waals surface area contributed by atoms with Crippen LogP contribution in [0.2, 0.25) is 0 Å². The summed E-state index contributed by atoms with van der Waals surface area (Å²) in [5.41, 5.74) is 0. The van der Waals surface area contributed by atoms with Crippen molar-refractivity contribution in [3.63, 3.8) is 0 Å². The lowest BCUT2D eigenvalue weighted by molar-refractivity contribution is 0.221. The molecule has 0 aliphatic rings. The average molecular weight is 177 g/mol. The number of hydrogen-bond donors (Lipinski definition) is 0. The van der Waals surface area contributed by atoms with Crippen molar-refractivity contribution in [2.75, 3.05) is 13.2 Å². The van der Waals surface area contributed by atoms with Gasteiger partial charge in [-0.05, 0) is 13.3 Å². The third-order valence-corrected chi connectivity index (χ3v) is 2.25. The van der Waals surface area contributed by atoms with Crippen LogP contribution >= 0.6 is 7.60 Å². The van der Waals surface area contributed by atoms with Crippen LogP contribution < -0.4 is 0 Å². The molecular formula is C6H12NO3P. The third-order valence-electron chi connectivity index (χ3n) is 0.887. The first kappa shape index (κ1) is 10.6. The van der Waals surface area contributed by atoms with Gasteiger partial charge in [0, 0.05) is 0 Å². The zero-order valence-corrected chi connectivity index (χ0v) is 7.63. The highest BCUT2D eigenvalue weighted by Crippen LogP contribution is 2.46. The van der Waals surface area contributed by atoms with Gasteiger partial charge in [0.15, 0.2) is 5.81 Å². The molecule has 0 radical (unpaired) electrons. The van der Waals surface area contributed by atoms with Crippen molar-refractivity contribution >= 4 is 7.60 Å². The quantitative estimate of drug-likeness (QED) is 0.603. The summed E-state index contributed by atoms with van der Waals surface area (Å²) in [6.45, 7) is 4.06. The Morgan fingerprint density at radius 1 is 1.45 bits per heavy atom. The van der Waals surface area contributed by atoms with Gasteiger partial charge in [-0.3, -0.25) is 9.05 Å². The maximum absolute atomic E-state index is 11.1. The van der Waals surface area contributed by atoms with E-state index in [9.17, 15) is 4.57 Å². The van der Waals surface area contributed by atoms with E-state index in [0.717, 1.165) is 6.42 Å². The third kappa shape index (κ3) is 4.15. The Labute approximate surface area is 66.6 Å². The van der Waals surface area contributed by atoms with Gasteiger partial charge < -0.3 is 0 Å². The second-order valence-corrected chi connectivity index (χ2v) is 3.56. The molecule has 11 heavy (non-hydrogen) atoms. The summed E-state index contributed by atoms with van der Waals surface area (Å²) in [5.74, 6) is 1.53. The molecule has 0 fully saturated rings. The molecule has 0 aliphatic heterocycles. The minimum absolute atomic E-state index is 0.231. The first-order valence-corrected chi connectivity index (χ1v) is 5.03. The molecule has 1 atom stereocenters. The van der Waals surface area contributed by atoms with E-state index in [4.69, 9.17) is 9.79 Å². The molecule has 0 bridgehead atoms. The van der Waals surface area contributed by atoms with Crippen LogP contribution in [0.4, 0.5) is 0 Å². The monoisotopic (exact) mass is 177 g/mol. The van der Waals surface area contributed by atoms with Crippen LogP contribution in [0, 0.1) is 11.1 Å². The van der Waals surface area contributed by atoms with Crippen molar-refractivity contribution in [2.24, 2.45) is 0 Å². The lowest BCUT2D eigenvalue weighted by Gasteiger charge is -2.08. The highest BCUT2D eigenvalue weighted by Gasteiger charge is 2.22. The Balaban J connectivity index is 3.92. The standard InChI is InChI=1S/C6H12NO3P/c1-3-5-10-11(8,6-7)9-4-2/h3-5H2,1-2H3. The lowest BCUT2D eigenvalue weighted by atomic mass is 10.5. The molecule has 0 aromatic heterocycles. The Hall–Kier alpha value is -0.360. The predicted octanol–water partition coefficient (Wildman–Crippen LogP) is 2.12. The molecule has 5 heteroatoms. The molecule has 64 valence electrons. The smallest absolute Gasteiger partial charge is 0.298 e. The van der Waals surface area contributed by atoms with Gasteiger partial charge in [-0.25, -0.2) is 4.57 Å². The van der Waals surface area contributed by atoms with Gasteiger partial charge in [-0.2, -0.15) is 5.26 Å². The van der Waals surface area contributed by atoms with E-state index in [1.165, 1.54) is 5.81 Å². The van der Waals surface area contributed by atoms with Crippen LogP contribution in [0.1, 0.15) is 20.3 Å². The summed E-state index contributed by atoms with van der Waals surface area (Å²) < 4.78 is 20.5. The van der Waals surface area contributed by atoms with Crippen LogP contribution in [0.5, 0.6) is 0 Å². The second kappa shape index (κ2) is 5.31. The molecular weight excluding hydrogens is 165 g/mol.